The lowest BCUT2D eigenvalue weighted by Crippen LogP contribution is -2.59. The van der Waals surface area contributed by atoms with Gasteiger partial charge in [-0.1, -0.05) is 13.8 Å². The lowest BCUT2D eigenvalue weighted by atomic mass is 10.0. The van der Waals surface area contributed by atoms with Crippen LogP contribution in [0.5, 0.6) is 0 Å². The summed E-state index contributed by atoms with van der Waals surface area (Å²) in [6.07, 6.45) is 3.31. The number of nitrogens with one attached hydrogen (secondary N) is 5. The molecule has 5 unspecified atom stereocenters. The Morgan fingerprint density at radius 1 is 1.12 bits per heavy atom. The number of carboxylic acids is 1. The van der Waals surface area contributed by atoms with Crippen molar-refractivity contribution in [3.63, 3.8) is 0 Å². The van der Waals surface area contributed by atoms with Gasteiger partial charge in [0.25, 0.3) is 0 Å². The maximum absolute atomic E-state index is 13.1. The Morgan fingerprint density at radius 2 is 1.81 bits per heavy atom. The number of rotatable bonds is 11. The molecule has 1 aromatic rings. The van der Waals surface area contributed by atoms with Gasteiger partial charge < -0.3 is 36.5 Å². The van der Waals surface area contributed by atoms with Crippen molar-refractivity contribution in [1.82, 2.24) is 31.2 Å². The van der Waals surface area contributed by atoms with Crippen LogP contribution in [0, 0.1) is 5.92 Å². The average Bonchev–Trinajstić information content (AvgIpc) is 3.42. The van der Waals surface area contributed by atoms with Gasteiger partial charge in [-0.15, -0.1) is 0 Å². The molecular weight excluding hydrogens is 420 g/mol. The summed E-state index contributed by atoms with van der Waals surface area (Å²) in [7, 11) is 0. The lowest BCUT2D eigenvalue weighted by molar-refractivity contribution is -0.145. The van der Waals surface area contributed by atoms with E-state index in [9.17, 15) is 29.4 Å². The molecule has 2 rings (SSSR count). The van der Waals surface area contributed by atoms with Crippen LogP contribution in [0.15, 0.2) is 12.5 Å². The van der Waals surface area contributed by atoms with Crippen LogP contribution in [0.3, 0.4) is 0 Å². The van der Waals surface area contributed by atoms with Gasteiger partial charge in [0.15, 0.2) is 6.04 Å². The van der Waals surface area contributed by atoms with E-state index >= 15 is 0 Å². The largest absolute Gasteiger partial charge is 0.480 e. The normalized spacial score (nSPS) is 19.6. The number of carbonyl (C=O) groups is 4. The molecule has 2 heterocycles. The van der Waals surface area contributed by atoms with Crippen molar-refractivity contribution in [3.05, 3.63) is 18.2 Å². The third kappa shape index (κ3) is 7.02. The van der Waals surface area contributed by atoms with Gasteiger partial charge in [0.05, 0.1) is 18.5 Å². The molecule has 12 heteroatoms. The number of nitrogens with zero attached hydrogens (tertiary/aromatic N) is 1. The van der Waals surface area contributed by atoms with E-state index in [1.165, 1.54) is 19.4 Å². The minimum absolute atomic E-state index is 0.127. The van der Waals surface area contributed by atoms with Crippen LogP contribution in [0.25, 0.3) is 0 Å². The first-order valence-electron chi connectivity index (χ1n) is 10.6. The predicted octanol–water partition coefficient (Wildman–Crippen LogP) is -1.72. The van der Waals surface area contributed by atoms with Crippen molar-refractivity contribution < 1.29 is 29.4 Å². The first kappa shape index (κ1) is 25.3. The third-order valence-corrected chi connectivity index (χ3v) is 5.28. The van der Waals surface area contributed by atoms with Gasteiger partial charge in [-0.05, 0) is 32.2 Å². The fourth-order valence-corrected chi connectivity index (χ4v) is 3.43. The molecule has 7 N–H and O–H groups in total. The Bertz CT molecular complexity index is 791. The van der Waals surface area contributed by atoms with Crippen LogP contribution in [0.4, 0.5) is 0 Å². The molecule has 0 spiro atoms. The lowest BCUT2D eigenvalue weighted by Gasteiger charge is -2.27. The Hall–Kier alpha value is -2.99. The van der Waals surface area contributed by atoms with Crippen LogP contribution >= 0.6 is 0 Å². The van der Waals surface area contributed by atoms with Crippen molar-refractivity contribution in [2.24, 2.45) is 5.92 Å². The van der Waals surface area contributed by atoms with Crippen molar-refractivity contribution in [1.29, 1.82) is 0 Å². The molecular formula is C20H32N6O6. The van der Waals surface area contributed by atoms with E-state index in [2.05, 4.69) is 31.2 Å². The highest BCUT2D eigenvalue weighted by Crippen LogP contribution is 2.09. The second kappa shape index (κ2) is 11.6. The van der Waals surface area contributed by atoms with Crippen LogP contribution in [0.1, 0.15) is 39.3 Å². The standard InChI is InChI=1S/C20H32N6O6/c1-10(2)15(19(30)26-16(11(3)27)20(31)32)25-18(29)14(7-12-8-21-9-23-12)24-17(28)13-5-4-6-22-13/h8-11,13-16,22,27H,4-7H2,1-3H3,(H,21,23)(H,24,28)(H,25,29)(H,26,30)(H,31,32). The van der Waals surface area contributed by atoms with Crippen LogP contribution in [0.2, 0.25) is 0 Å². The minimum Gasteiger partial charge on any atom is -0.480 e. The summed E-state index contributed by atoms with van der Waals surface area (Å²) in [6, 6.07) is -3.96. The summed E-state index contributed by atoms with van der Waals surface area (Å²) in [4.78, 5) is 56.5. The van der Waals surface area contributed by atoms with Gasteiger partial charge in [-0.2, -0.15) is 0 Å². The molecule has 178 valence electrons. The molecule has 1 fully saturated rings. The SMILES string of the molecule is CC(C)C(NC(=O)C(Cc1cnc[nH]1)NC(=O)C1CCCN1)C(=O)NC(C(=O)O)C(C)O. The fraction of sp³-hybridized carbons (Fsp3) is 0.650. The monoisotopic (exact) mass is 452 g/mol. The molecule has 3 amide bonds. The molecule has 0 aromatic carbocycles. The maximum Gasteiger partial charge on any atom is 0.328 e. The van der Waals surface area contributed by atoms with Crippen molar-refractivity contribution in [2.75, 3.05) is 6.54 Å². The summed E-state index contributed by atoms with van der Waals surface area (Å²) in [6.45, 7) is 5.34. The smallest absolute Gasteiger partial charge is 0.328 e. The van der Waals surface area contributed by atoms with Gasteiger partial charge in [0.2, 0.25) is 17.7 Å². The van der Waals surface area contributed by atoms with Gasteiger partial charge in [-0.25, -0.2) is 9.78 Å². The topological polar surface area (TPSA) is 186 Å². The van der Waals surface area contributed by atoms with Crippen LogP contribution in [-0.4, -0.2) is 80.7 Å². The van der Waals surface area contributed by atoms with Gasteiger partial charge in [-0.3, -0.25) is 14.4 Å². The van der Waals surface area contributed by atoms with Crippen molar-refractivity contribution >= 4 is 23.7 Å². The number of imidazole rings is 1. The Balaban J connectivity index is 2.13. The van der Waals surface area contributed by atoms with E-state index in [0.717, 1.165) is 13.0 Å². The Morgan fingerprint density at radius 3 is 2.31 bits per heavy atom. The number of aliphatic hydroxyl groups excluding tert-OH is 1. The summed E-state index contributed by atoms with van der Waals surface area (Å²) in [5.41, 5.74) is 0.621. The van der Waals surface area contributed by atoms with E-state index in [1.54, 1.807) is 13.8 Å². The van der Waals surface area contributed by atoms with E-state index in [-0.39, 0.29) is 18.2 Å². The van der Waals surface area contributed by atoms with Gasteiger partial charge in [0.1, 0.15) is 12.1 Å². The number of aliphatic carboxylic acids is 1. The second-order valence-corrected chi connectivity index (χ2v) is 8.29. The fourth-order valence-electron chi connectivity index (χ4n) is 3.43. The van der Waals surface area contributed by atoms with Crippen molar-refractivity contribution in [3.8, 4) is 0 Å². The summed E-state index contributed by atoms with van der Waals surface area (Å²) >= 11 is 0. The van der Waals surface area contributed by atoms with Gasteiger partial charge >= 0.3 is 5.97 Å². The van der Waals surface area contributed by atoms with E-state index in [1.807, 2.05) is 0 Å². The highest BCUT2D eigenvalue weighted by Gasteiger charge is 2.34. The number of aliphatic hydroxyl groups is 1. The zero-order valence-electron chi connectivity index (χ0n) is 18.4. The molecule has 0 bridgehead atoms. The van der Waals surface area contributed by atoms with E-state index in [0.29, 0.717) is 12.1 Å². The first-order valence-corrected chi connectivity index (χ1v) is 10.6. The number of hydrogen-bond acceptors (Lipinski definition) is 7. The number of carboxylic acid groups (broad SMARTS) is 1. The molecule has 1 aromatic heterocycles. The minimum atomic E-state index is -1.52. The molecule has 0 saturated carbocycles. The molecule has 32 heavy (non-hydrogen) atoms. The molecule has 12 nitrogen and oxygen atoms in total. The number of amides is 3. The summed E-state index contributed by atoms with van der Waals surface area (Å²) in [5.74, 6) is -3.43. The zero-order valence-corrected chi connectivity index (χ0v) is 18.4. The predicted molar refractivity (Wildman–Crippen MR) is 113 cm³/mol. The second-order valence-electron chi connectivity index (χ2n) is 8.29. The number of hydrogen-bond donors (Lipinski definition) is 7. The molecule has 0 radical (unpaired) electrons. The van der Waals surface area contributed by atoms with Gasteiger partial charge in [0, 0.05) is 18.3 Å². The third-order valence-electron chi connectivity index (χ3n) is 5.28. The highest BCUT2D eigenvalue weighted by molar-refractivity contribution is 5.94. The molecule has 1 aliphatic rings. The Labute approximate surface area is 185 Å². The molecule has 5 atom stereocenters. The Kier molecular flexibility index (Phi) is 9.14. The summed E-state index contributed by atoms with van der Waals surface area (Å²) in [5, 5.41) is 29.5. The van der Waals surface area contributed by atoms with Crippen LogP contribution < -0.4 is 21.3 Å². The van der Waals surface area contributed by atoms with E-state index < -0.39 is 48.1 Å². The zero-order chi connectivity index (χ0) is 23.8. The maximum atomic E-state index is 13.1. The number of H-pyrrole nitrogens is 1. The van der Waals surface area contributed by atoms with Crippen molar-refractivity contribution in [2.45, 2.75) is 70.3 Å². The molecule has 1 saturated heterocycles. The quantitative estimate of drug-likeness (QED) is 0.207. The molecule has 1 aliphatic heterocycles. The number of aromatic amines is 1. The van der Waals surface area contributed by atoms with Crippen LogP contribution in [-0.2, 0) is 25.6 Å². The summed E-state index contributed by atoms with van der Waals surface area (Å²) < 4.78 is 0. The first-order chi connectivity index (χ1) is 15.1. The number of aromatic nitrogens is 2. The number of carbonyl (C=O) groups excluding carboxylic acids is 3. The molecule has 0 aliphatic carbocycles. The average molecular weight is 453 g/mol. The highest BCUT2D eigenvalue weighted by atomic mass is 16.4. The van der Waals surface area contributed by atoms with E-state index in [4.69, 9.17) is 0 Å².